The van der Waals surface area contributed by atoms with Gasteiger partial charge in [0.25, 0.3) is 11.6 Å². The van der Waals surface area contributed by atoms with E-state index in [1.165, 1.54) is 12.1 Å². The molecule has 1 amide bonds. The van der Waals surface area contributed by atoms with Crippen LogP contribution in [0.15, 0.2) is 42.5 Å². The summed E-state index contributed by atoms with van der Waals surface area (Å²) in [6, 6.07) is 11.7. The van der Waals surface area contributed by atoms with Crippen molar-refractivity contribution in [1.82, 2.24) is 5.32 Å². The number of rotatable bonds is 9. The van der Waals surface area contributed by atoms with Gasteiger partial charge >= 0.3 is 5.97 Å². The molecule has 0 fully saturated rings. The maximum Gasteiger partial charge on any atom is 0.310 e. The molecule has 0 aliphatic carbocycles. The van der Waals surface area contributed by atoms with Crippen LogP contribution in [0.25, 0.3) is 0 Å². The van der Waals surface area contributed by atoms with Crippen LogP contribution in [0.3, 0.4) is 0 Å². The van der Waals surface area contributed by atoms with Gasteiger partial charge in [-0.2, -0.15) is 0 Å². The van der Waals surface area contributed by atoms with Crippen LogP contribution in [0.1, 0.15) is 16.7 Å². The number of anilines is 1. The fourth-order valence-electron chi connectivity index (χ4n) is 2.44. The first-order valence-electron chi connectivity index (χ1n) is 8.82. The molecular formula is C20H23N3O5. The number of non-ortho nitro benzene ring substituents is 1. The Balaban J connectivity index is 1.63. The summed E-state index contributed by atoms with van der Waals surface area (Å²) in [4.78, 5) is 33.7. The number of carbonyl (C=O) groups excluding carboxylic acids is 2. The van der Waals surface area contributed by atoms with Gasteiger partial charge in [-0.25, -0.2) is 0 Å². The van der Waals surface area contributed by atoms with Crippen molar-refractivity contribution >= 4 is 23.3 Å². The van der Waals surface area contributed by atoms with Crippen LogP contribution in [0.2, 0.25) is 0 Å². The van der Waals surface area contributed by atoms with Crippen LogP contribution in [-0.4, -0.2) is 36.5 Å². The van der Waals surface area contributed by atoms with Gasteiger partial charge in [0, 0.05) is 30.9 Å². The second-order valence-corrected chi connectivity index (χ2v) is 6.34. The number of benzene rings is 2. The monoisotopic (exact) mass is 385 g/mol. The minimum Gasteiger partial charge on any atom is -0.455 e. The Kier molecular flexibility index (Phi) is 7.50. The van der Waals surface area contributed by atoms with Crippen molar-refractivity contribution in [3.05, 3.63) is 69.3 Å². The molecule has 8 heteroatoms. The number of esters is 1. The molecule has 2 aromatic rings. The lowest BCUT2D eigenvalue weighted by atomic mass is 10.0. The van der Waals surface area contributed by atoms with Gasteiger partial charge < -0.3 is 15.4 Å². The van der Waals surface area contributed by atoms with Gasteiger partial charge in [-0.15, -0.1) is 0 Å². The fraction of sp³-hybridized carbons (Fsp3) is 0.300. The molecule has 0 saturated heterocycles. The summed E-state index contributed by atoms with van der Waals surface area (Å²) in [6.45, 7) is 4.40. The van der Waals surface area contributed by atoms with Crippen LogP contribution in [0.4, 0.5) is 11.4 Å². The van der Waals surface area contributed by atoms with E-state index in [0.717, 1.165) is 16.7 Å². The highest BCUT2D eigenvalue weighted by atomic mass is 16.6. The van der Waals surface area contributed by atoms with Crippen molar-refractivity contribution in [3.63, 3.8) is 0 Å². The molecule has 148 valence electrons. The molecule has 2 aromatic carbocycles. The summed E-state index contributed by atoms with van der Waals surface area (Å²) >= 11 is 0. The molecule has 0 aliphatic rings. The zero-order chi connectivity index (χ0) is 20.5. The normalized spacial score (nSPS) is 10.2. The molecule has 8 nitrogen and oxygen atoms in total. The minimum absolute atomic E-state index is 0.0152. The van der Waals surface area contributed by atoms with E-state index in [0.29, 0.717) is 18.8 Å². The van der Waals surface area contributed by atoms with E-state index < -0.39 is 10.9 Å². The molecule has 2 rings (SSSR count). The average Bonchev–Trinajstić information content (AvgIpc) is 2.67. The molecule has 0 radical (unpaired) electrons. The Bertz CT molecular complexity index is 849. The van der Waals surface area contributed by atoms with Crippen molar-refractivity contribution in [2.45, 2.75) is 20.3 Å². The van der Waals surface area contributed by atoms with Crippen molar-refractivity contribution in [1.29, 1.82) is 0 Å². The number of carbonyl (C=O) groups is 2. The van der Waals surface area contributed by atoms with Crippen molar-refractivity contribution in [3.8, 4) is 0 Å². The van der Waals surface area contributed by atoms with E-state index >= 15 is 0 Å². The number of nitro benzene ring substituents is 1. The number of nitro groups is 1. The number of ether oxygens (including phenoxy) is 1. The Morgan fingerprint density at radius 1 is 1.04 bits per heavy atom. The third-order valence-electron chi connectivity index (χ3n) is 4.14. The highest BCUT2D eigenvalue weighted by molar-refractivity contribution is 5.81. The quantitative estimate of drug-likeness (QED) is 0.297. The summed E-state index contributed by atoms with van der Waals surface area (Å²) in [5.74, 6) is -0.846. The molecule has 0 bridgehead atoms. The smallest absolute Gasteiger partial charge is 0.310 e. The van der Waals surface area contributed by atoms with E-state index in [-0.39, 0.29) is 24.6 Å². The Labute approximate surface area is 163 Å². The molecule has 0 heterocycles. The average molecular weight is 385 g/mol. The molecule has 0 aliphatic heterocycles. The van der Waals surface area contributed by atoms with E-state index in [9.17, 15) is 19.7 Å². The summed E-state index contributed by atoms with van der Waals surface area (Å²) < 4.78 is 4.99. The standard InChI is InChI=1S/C20H23N3O5/c1-14-3-4-16(11-15(14)2)12-20(25)28-13-19(24)22-10-9-21-17-5-7-18(8-6-17)23(26)27/h3-8,11,21H,9-10,12-13H2,1-2H3,(H,22,24). The maximum absolute atomic E-state index is 11.8. The molecule has 2 N–H and O–H groups in total. The van der Waals surface area contributed by atoms with Crippen LogP contribution >= 0.6 is 0 Å². The van der Waals surface area contributed by atoms with Crippen molar-refractivity contribution < 1.29 is 19.2 Å². The van der Waals surface area contributed by atoms with Gasteiger partial charge in [0.05, 0.1) is 11.3 Å². The summed E-state index contributed by atoms with van der Waals surface area (Å²) in [5, 5.41) is 16.2. The lowest BCUT2D eigenvalue weighted by molar-refractivity contribution is -0.384. The maximum atomic E-state index is 11.8. The van der Waals surface area contributed by atoms with Crippen molar-refractivity contribution in [2.75, 3.05) is 25.0 Å². The molecule has 0 spiro atoms. The molecule has 0 saturated carbocycles. The highest BCUT2D eigenvalue weighted by Crippen LogP contribution is 2.15. The predicted molar refractivity (Wildman–Crippen MR) is 105 cm³/mol. The first-order valence-corrected chi connectivity index (χ1v) is 8.82. The topological polar surface area (TPSA) is 111 Å². The van der Waals surface area contributed by atoms with Gasteiger partial charge in [-0.05, 0) is 42.7 Å². The lowest BCUT2D eigenvalue weighted by Crippen LogP contribution is -2.32. The summed E-state index contributed by atoms with van der Waals surface area (Å²) in [6.07, 6.45) is 0.121. The number of aryl methyl sites for hydroxylation is 2. The Hall–Kier alpha value is -3.42. The fourth-order valence-corrected chi connectivity index (χ4v) is 2.44. The second kappa shape index (κ2) is 10.1. The number of nitrogens with one attached hydrogen (secondary N) is 2. The zero-order valence-corrected chi connectivity index (χ0v) is 15.9. The van der Waals surface area contributed by atoms with Gasteiger partial charge in [-0.1, -0.05) is 18.2 Å². The number of hydrogen-bond donors (Lipinski definition) is 2. The molecule has 0 atom stereocenters. The number of amides is 1. The molecular weight excluding hydrogens is 362 g/mol. The third-order valence-corrected chi connectivity index (χ3v) is 4.14. The predicted octanol–water partition coefficient (Wildman–Crippen LogP) is 2.53. The SMILES string of the molecule is Cc1ccc(CC(=O)OCC(=O)NCCNc2ccc([N+](=O)[O-])cc2)cc1C. The first-order chi connectivity index (χ1) is 13.3. The van der Waals surface area contributed by atoms with Crippen LogP contribution in [0.5, 0.6) is 0 Å². The first kappa shape index (κ1) is 20.9. The van der Waals surface area contributed by atoms with Crippen LogP contribution in [-0.2, 0) is 20.7 Å². The summed E-state index contributed by atoms with van der Waals surface area (Å²) in [5.41, 5.74) is 3.82. The number of nitrogens with zero attached hydrogens (tertiary/aromatic N) is 1. The van der Waals surface area contributed by atoms with E-state index in [1.807, 2.05) is 32.0 Å². The van der Waals surface area contributed by atoms with Crippen molar-refractivity contribution in [2.24, 2.45) is 0 Å². The van der Waals surface area contributed by atoms with E-state index in [4.69, 9.17) is 4.74 Å². The molecule has 0 unspecified atom stereocenters. The van der Waals surface area contributed by atoms with Gasteiger partial charge in [0.15, 0.2) is 6.61 Å². The zero-order valence-electron chi connectivity index (χ0n) is 15.9. The summed E-state index contributed by atoms with van der Waals surface area (Å²) in [7, 11) is 0. The third kappa shape index (κ3) is 6.71. The minimum atomic E-state index is -0.467. The highest BCUT2D eigenvalue weighted by Gasteiger charge is 2.09. The second-order valence-electron chi connectivity index (χ2n) is 6.34. The van der Waals surface area contributed by atoms with E-state index in [1.54, 1.807) is 12.1 Å². The van der Waals surface area contributed by atoms with E-state index in [2.05, 4.69) is 10.6 Å². The van der Waals surface area contributed by atoms with Gasteiger partial charge in [0.2, 0.25) is 0 Å². The van der Waals surface area contributed by atoms with Crippen LogP contribution < -0.4 is 10.6 Å². The number of hydrogen-bond acceptors (Lipinski definition) is 6. The van der Waals surface area contributed by atoms with Crippen LogP contribution in [0, 0.1) is 24.0 Å². The lowest BCUT2D eigenvalue weighted by Gasteiger charge is -2.09. The Morgan fingerprint density at radius 3 is 2.39 bits per heavy atom. The Morgan fingerprint density at radius 2 is 1.75 bits per heavy atom. The largest absolute Gasteiger partial charge is 0.455 e. The van der Waals surface area contributed by atoms with Gasteiger partial charge in [0.1, 0.15) is 0 Å². The molecule has 28 heavy (non-hydrogen) atoms. The van der Waals surface area contributed by atoms with Gasteiger partial charge in [-0.3, -0.25) is 19.7 Å². The molecule has 0 aromatic heterocycles.